The van der Waals surface area contributed by atoms with E-state index in [0.29, 0.717) is 37.2 Å². The van der Waals surface area contributed by atoms with Crippen molar-refractivity contribution in [3.63, 3.8) is 0 Å². The highest BCUT2D eigenvalue weighted by atomic mass is 16.6. The van der Waals surface area contributed by atoms with E-state index in [1.807, 2.05) is 13.8 Å². The molecule has 0 amide bonds. The summed E-state index contributed by atoms with van der Waals surface area (Å²) in [6.07, 6.45) is 1.34. The molecule has 110 valence electrons. The van der Waals surface area contributed by atoms with Gasteiger partial charge in [-0.3, -0.25) is 14.9 Å². The van der Waals surface area contributed by atoms with E-state index >= 15 is 0 Å². The van der Waals surface area contributed by atoms with Crippen LogP contribution in [0.2, 0.25) is 0 Å². The van der Waals surface area contributed by atoms with Crippen LogP contribution in [-0.2, 0) is 4.74 Å². The van der Waals surface area contributed by atoms with Gasteiger partial charge in [-0.25, -0.2) is 0 Å². The van der Waals surface area contributed by atoms with E-state index in [-0.39, 0.29) is 17.4 Å². The largest absolute Gasteiger partial charge is 0.493 e. The molecular formula is C14H19NO5. The van der Waals surface area contributed by atoms with Crippen LogP contribution in [-0.4, -0.2) is 30.5 Å². The Morgan fingerprint density at radius 2 is 2.05 bits per heavy atom. The van der Waals surface area contributed by atoms with Crippen LogP contribution in [0.5, 0.6) is 5.75 Å². The molecule has 0 aromatic heterocycles. The van der Waals surface area contributed by atoms with Crippen molar-refractivity contribution in [3.05, 3.63) is 33.4 Å². The number of rotatable bonds is 8. The Morgan fingerprint density at radius 3 is 2.60 bits per heavy atom. The topological polar surface area (TPSA) is 78.7 Å². The average Bonchev–Trinajstić information content (AvgIpc) is 2.38. The van der Waals surface area contributed by atoms with Crippen LogP contribution in [0.4, 0.5) is 5.69 Å². The van der Waals surface area contributed by atoms with Gasteiger partial charge in [0.1, 0.15) is 5.75 Å². The molecule has 0 N–H and O–H groups in total. The molecule has 0 heterocycles. The maximum absolute atomic E-state index is 10.9. The molecule has 20 heavy (non-hydrogen) atoms. The summed E-state index contributed by atoms with van der Waals surface area (Å²) in [5.74, 6) is 0.423. The van der Waals surface area contributed by atoms with E-state index < -0.39 is 4.92 Å². The lowest BCUT2D eigenvalue weighted by molar-refractivity contribution is -0.385. The van der Waals surface area contributed by atoms with E-state index in [1.54, 1.807) is 6.92 Å². The van der Waals surface area contributed by atoms with Crippen LogP contribution in [0.3, 0.4) is 0 Å². The molecule has 1 rings (SSSR count). The van der Waals surface area contributed by atoms with Crippen molar-refractivity contribution in [1.82, 2.24) is 0 Å². The third-order valence-corrected chi connectivity index (χ3v) is 2.65. The van der Waals surface area contributed by atoms with Gasteiger partial charge >= 0.3 is 0 Å². The SMILES string of the molecule is Cc1cc(C=O)c([N+](=O)[O-])cc1OCCCOC(C)C. The minimum absolute atomic E-state index is 0.0583. The zero-order valence-corrected chi connectivity index (χ0v) is 11.9. The first-order valence-electron chi connectivity index (χ1n) is 6.44. The molecule has 6 nitrogen and oxygen atoms in total. The molecule has 6 heteroatoms. The fraction of sp³-hybridized carbons (Fsp3) is 0.500. The number of ether oxygens (including phenoxy) is 2. The van der Waals surface area contributed by atoms with Crippen LogP contribution in [0.1, 0.15) is 36.2 Å². The van der Waals surface area contributed by atoms with Crippen molar-refractivity contribution < 1.29 is 19.2 Å². The van der Waals surface area contributed by atoms with Crippen molar-refractivity contribution in [2.24, 2.45) is 0 Å². The Morgan fingerprint density at radius 1 is 1.35 bits per heavy atom. The molecule has 0 aliphatic heterocycles. The molecule has 0 aliphatic rings. The van der Waals surface area contributed by atoms with E-state index in [9.17, 15) is 14.9 Å². The number of nitro benzene ring substituents is 1. The molecule has 0 fully saturated rings. The molecule has 1 aromatic rings. The summed E-state index contributed by atoms with van der Waals surface area (Å²) >= 11 is 0. The van der Waals surface area contributed by atoms with E-state index in [2.05, 4.69) is 0 Å². The van der Waals surface area contributed by atoms with Crippen molar-refractivity contribution in [1.29, 1.82) is 0 Å². The lowest BCUT2D eigenvalue weighted by atomic mass is 10.1. The van der Waals surface area contributed by atoms with E-state index in [1.165, 1.54) is 12.1 Å². The van der Waals surface area contributed by atoms with Gasteiger partial charge in [-0.1, -0.05) is 0 Å². The number of aryl methyl sites for hydroxylation is 1. The molecule has 0 bridgehead atoms. The van der Waals surface area contributed by atoms with Crippen LogP contribution < -0.4 is 4.74 Å². The van der Waals surface area contributed by atoms with Gasteiger partial charge in [0.25, 0.3) is 5.69 Å². The monoisotopic (exact) mass is 281 g/mol. The highest BCUT2D eigenvalue weighted by molar-refractivity contribution is 5.82. The fourth-order valence-corrected chi connectivity index (χ4v) is 1.67. The number of carbonyl (C=O) groups excluding carboxylic acids is 1. The fourth-order valence-electron chi connectivity index (χ4n) is 1.67. The van der Waals surface area contributed by atoms with E-state index in [0.717, 1.165) is 0 Å². The maximum Gasteiger partial charge on any atom is 0.283 e. The molecule has 0 saturated heterocycles. The molecule has 0 unspecified atom stereocenters. The van der Waals surface area contributed by atoms with Gasteiger partial charge in [-0.15, -0.1) is 0 Å². The maximum atomic E-state index is 10.9. The summed E-state index contributed by atoms with van der Waals surface area (Å²) in [7, 11) is 0. The number of nitro groups is 1. The molecule has 0 spiro atoms. The number of nitrogens with zero attached hydrogens (tertiary/aromatic N) is 1. The van der Waals surface area contributed by atoms with Crippen LogP contribution >= 0.6 is 0 Å². The first-order valence-corrected chi connectivity index (χ1v) is 6.44. The molecular weight excluding hydrogens is 262 g/mol. The Bertz CT molecular complexity index is 485. The third-order valence-electron chi connectivity index (χ3n) is 2.65. The summed E-state index contributed by atoms with van der Waals surface area (Å²) in [5.41, 5.74) is 0.518. The number of hydrogen-bond donors (Lipinski definition) is 0. The third kappa shape index (κ3) is 4.62. The quantitative estimate of drug-likeness (QED) is 0.317. The minimum atomic E-state index is -0.585. The van der Waals surface area contributed by atoms with Gasteiger partial charge < -0.3 is 9.47 Å². The Balaban J connectivity index is 2.68. The number of benzene rings is 1. The van der Waals surface area contributed by atoms with Gasteiger partial charge in [-0.2, -0.15) is 0 Å². The van der Waals surface area contributed by atoms with Crippen molar-refractivity contribution >= 4 is 12.0 Å². The van der Waals surface area contributed by atoms with Crippen molar-refractivity contribution in [3.8, 4) is 5.75 Å². The first kappa shape index (κ1) is 16.1. The Kier molecular flexibility index (Phi) is 6.11. The number of hydrogen-bond acceptors (Lipinski definition) is 5. The second-order valence-electron chi connectivity index (χ2n) is 4.67. The Hall–Kier alpha value is -1.95. The number of carbonyl (C=O) groups is 1. The summed E-state index contributed by atoms with van der Waals surface area (Å²) in [4.78, 5) is 21.1. The lowest BCUT2D eigenvalue weighted by Crippen LogP contribution is -2.08. The second kappa shape index (κ2) is 7.59. The van der Waals surface area contributed by atoms with Gasteiger partial charge in [0.05, 0.1) is 35.9 Å². The molecule has 0 atom stereocenters. The molecule has 0 saturated carbocycles. The molecule has 0 radical (unpaired) electrons. The zero-order chi connectivity index (χ0) is 15.1. The summed E-state index contributed by atoms with van der Waals surface area (Å²) < 4.78 is 10.9. The predicted octanol–water partition coefficient (Wildman–Crippen LogP) is 2.91. The van der Waals surface area contributed by atoms with Crippen LogP contribution in [0.25, 0.3) is 0 Å². The molecule has 0 aliphatic carbocycles. The van der Waals surface area contributed by atoms with Gasteiger partial charge in [0.15, 0.2) is 6.29 Å². The van der Waals surface area contributed by atoms with Gasteiger partial charge in [-0.05, 0) is 32.4 Å². The minimum Gasteiger partial charge on any atom is -0.493 e. The zero-order valence-electron chi connectivity index (χ0n) is 11.9. The standard InChI is InChI=1S/C14H19NO5/c1-10(2)19-5-4-6-20-14-8-13(15(17)18)12(9-16)7-11(14)3/h7-10H,4-6H2,1-3H3. The number of aldehydes is 1. The van der Waals surface area contributed by atoms with Crippen molar-refractivity contribution in [2.45, 2.75) is 33.3 Å². The van der Waals surface area contributed by atoms with E-state index in [4.69, 9.17) is 9.47 Å². The van der Waals surface area contributed by atoms with Crippen LogP contribution in [0.15, 0.2) is 12.1 Å². The predicted molar refractivity (Wildman–Crippen MR) is 74.4 cm³/mol. The highest BCUT2D eigenvalue weighted by Gasteiger charge is 2.16. The van der Waals surface area contributed by atoms with Gasteiger partial charge in [0.2, 0.25) is 0 Å². The van der Waals surface area contributed by atoms with Crippen LogP contribution in [0, 0.1) is 17.0 Å². The van der Waals surface area contributed by atoms with Crippen molar-refractivity contribution in [2.75, 3.05) is 13.2 Å². The first-order chi connectivity index (χ1) is 9.45. The summed E-state index contributed by atoms with van der Waals surface area (Å²) in [6.45, 7) is 6.63. The normalized spacial score (nSPS) is 10.6. The van der Waals surface area contributed by atoms with Gasteiger partial charge in [0, 0.05) is 6.42 Å². The smallest absolute Gasteiger partial charge is 0.283 e. The lowest BCUT2D eigenvalue weighted by Gasteiger charge is -2.11. The highest BCUT2D eigenvalue weighted by Crippen LogP contribution is 2.27. The molecule has 1 aromatic carbocycles. The second-order valence-corrected chi connectivity index (χ2v) is 4.67. The Labute approximate surface area is 117 Å². The average molecular weight is 281 g/mol. The summed E-state index contributed by atoms with van der Waals surface area (Å²) in [5, 5.41) is 10.9. The summed E-state index contributed by atoms with van der Waals surface area (Å²) in [6, 6.07) is 2.76.